The van der Waals surface area contributed by atoms with Crippen molar-refractivity contribution in [1.29, 1.82) is 0 Å². The highest BCUT2D eigenvalue weighted by Gasteiger charge is 2.14. The van der Waals surface area contributed by atoms with Crippen molar-refractivity contribution in [3.8, 4) is 22.1 Å². The van der Waals surface area contributed by atoms with E-state index in [-0.39, 0.29) is 11.6 Å². The van der Waals surface area contributed by atoms with Crippen LogP contribution in [0.1, 0.15) is 10.4 Å². The molecule has 9 heteroatoms. The average Bonchev–Trinajstić information content (AvgIpc) is 3.39. The number of nitrogens with zero attached hydrogens (tertiary/aromatic N) is 2. The molecule has 4 aromatic rings. The Hall–Kier alpha value is -3.56. The van der Waals surface area contributed by atoms with Gasteiger partial charge in [-0.25, -0.2) is 4.98 Å². The highest BCUT2D eigenvalue weighted by molar-refractivity contribution is 7.16. The number of ether oxygens (including phenoxy) is 1. The van der Waals surface area contributed by atoms with E-state index in [2.05, 4.69) is 10.3 Å². The SMILES string of the molecule is O=C(Nc1nc(-c2cc([N+](=O)[O-])cs2)cs1)c1ccc(Oc2ccccc2)cc1. The molecule has 0 bridgehead atoms. The molecule has 4 rings (SSSR count). The zero-order valence-electron chi connectivity index (χ0n) is 14.8. The Balaban J connectivity index is 1.41. The summed E-state index contributed by atoms with van der Waals surface area (Å²) >= 11 is 2.50. The Labute approximate surface area is 173 Å². The first-order chi connectivity index (χ1) is 14.1. The lowest BCUT2D eigenvalue weighted by Crippen LogP contribution is -2.11. The monoisotopic (exact) mass is 423 g/mol. The van der Waals surface area contributed by atoms with Crippen molar-refractivity contribution in [2.45, 2.75) is 0 Å². The fraction of sp³-hybridized carbons (Fsp3) is 0. The molecular formula is C20H13N3O4S2. The number of benzene rings is 2. The summed E-state index contributed by atoms with van der Waals surface area (Å²) in [7, 11) is 0. The topological polar surface area (TPSA) is 94.4 Å². The quantitative estimate of drug-likeness (QED) is 0.311. The number of anilines is 1. The molecule has 0 saturated heterocycles. The second-order valence-electron chi connectivity index (χ2n) is 5.86. The molecule has 2 aromatic carbocycles. The molecule has 0 radical (unpaired) electrons. The van der Waals surface area contributed by atoms with Crippen LogP contribution in [0.25, 0.3) is 10.6 Å². The van der Waals surface area contributed by atoms with E-state index in [1.165, 1.54) is 34.1 Å². The summed E-state index contributed by atoms with van der Waals surface area (Å²) in [4.78, 5) is 27.8. The first-order valence-electron chi connectivity index (χ1n) is 8.41. The number of carbonyl (C=O) groups excluding carboxylic acids is 1. The van der Waals surface area contributed by atoms with Crippen LogP contribution >= 0.6 is 22.7 Å². The number of thiophene rings is 1. The number of aromatic nitrogens is 1. The zero-order chi connectivity index (χ0) is 20.2. The Morgan fingerprint density at radius 2 is 1.72 bits per heavy atom. The van der Waals surface area contributed by atoms with E-state index < -0.39 is 4.92 Å². The summed E-state index contributed by atoms with van der Waals surface area (Å²) in [6.07, 6.45) is 0. The van der Waals surface area contributed by atoms with Crippen molar-refractivity contribution in [3.05, 3.63) is 87.1 Å². The van der Waals surface area contributed by atoms with Gasteiger partial charge in [-0.2, -0.15) is 0 Å². The maximum Gasteiger partial charge on any atom is 0.280 e. The third kappa shape index (κ3) is 4.48. The van der Waals surface area contributed by atoms with Gasteiger partial charge in [0, 0.05) is 17.0 Å². The van der Waals surface area contributed by atoms with Crippen molar-refractivity contribution < 1.29 is 14.5 Å². The Bertz CT molecular complexity index is 1150. The van der Waals surface area contributed by atoms with Crippen molar-refractivity contribution in [2.24, 2.45) is 0 Å². The molecule has 144 valence electrons. The van der Waals surface area contributed by atoms with Crippen LogP contribution in [0.3, 0.4) is 0 Å². The van der Waals surface area contributed by atoms with E-state index in [9.17, 15) is 14.9 Å². The van der Waals surface area contributed by atoms with Crippen LogP contribution in [0.2, 0.25) is 0 Å². The number of thiazole rings is 1. The van der Waals surface area contributed by atoms with Gasteiger partial charge in [-0.05, 0) is 36.4 Å². The average molecular weight is 423 g/mol. The van der Waals surface area contributed by atoms with Crippen LogP contribution < -0.4 is 10.1 Å². The maximum atomic E-state index is 12.5. The van der Waals surface area contributed by atoms with Gasteiger partial charge >= 0.3 is 0 Å². The van der Waals surface area contributed by atoms with Crippen LogP contribution in [0.5, 0.6) is 11.5 Å². The van der Waals surface area contributed by atoms with Gasteiger partial charge in [0.2, 0.25) is 0 Å². The molecule has 0 aliphatic heterocycles. The van der Waals surface area contributed by atoms with Crippen LogP contribution in [0, 0.1) is 10.1 Å². The van der Waals surface area contributed by atoms with Crippen molar-refractivity contribution in [3.63, 3.8) is 0 Å². The van der Waals surface area contributed by atoms with Crippen molar-refractivity contribution in [1.82, 2.24) is 4.98 Å². The molecular weight excluding hydrogens is 410 g/mol. The van der Waals surface area contributed by atoms with Crippen molar-refractivity contribution in [2.75, 3.05) is 5.32 Å². The number of nitro groups is 1. The summed E-state index contributed by atoms with van der Waals surface area (Å²) in [6, 6.07) is 17.6. The largest absolute Gasteiger partial charge is 0.457 e. The lowest BCUT2D eigenvalue weighted by Gasteiger charge is -2.06. The van der Waals surface area contributed by atoms with Gasteiger partial charge in [-0.1, -0.05) is 18.2 Å². The fourth-order valence-electron chi connectivity index (χ4n) is 2.47. The second-order valence-corrected chi connectivity index (χ2v) is 7.63. The minimum atomic E-state index is -0.444. The van der Waals surface area contributed by atoms with Gasteiger partial charge in [-0.3, -0.25) is 20.2 Å². The molecule has 0 unspecified atom stereocenters. The summed E-state index contributed by atoms with van der Waals surface area (Å²) < 4.78 is 5.71. The van der Waals surface area contributed by atoms with E-state index in [0.717, 1.165) is 0 Å². The lowest BCUT2D eigenvalue weighted by atomic mass is 10.2. The Morgan fingerprint density at radius 1 is 1.00 bits per heavy atom. The molecule has 0 saturated carbocycles. The van der Waals surface area contributed by atoms with E-state index in [0.29, 0.717) is 32.8 Å². The van der Waals surface area contributed by atoms with Gasteiger partial charge in [-0.15, -0.1) is 22.7 Å². The van der Waals surface area contributed by atoms with Crippen molar-refractivity contribution >= 4 is 39.4 Å². The predicted octanol–water partition coefficient (Wildman–Crippen LogP) is 5.82. The maximum absolute atomic E-state index is 12.5. The predicted molar refractivity (Wildman–Crippen MR) is 113 cm³/mol. The smallest absolute Gasteiger partial charge is 0.280 e. The third-order valence-corrected chi connectivity index (χ3v) is 5.57. The van der Waals surface area contributed by atoms with E-state index >= 15 is 0 Å². The third-order valence-electron chi connectivity index (χ3n) is 3.87. The highest BCUT2D eigenvalue weighted by Crippen LogP contribution is 2.33. The molecule has 0 spiro atoms. The van der Waals surface area contributed by atoms with E-state index in [1.807, 2.05) is 30.3 Å². The second kappa shape index (κ2) is 8.21. The van der Waals surface area contributed by atoms with Gasteiger partial charge in [0.1, 0.15) is 11.5 Å². The fourth-order valence-corrected chi connectivity index (χ4v) is 4.06. The molecule has 1 amide bonds. The highest BCUT2D eigenvalue weighted by atomic mass is 32.1. The van der Waals surface area contributed by atoms with E-state index in [1.54, 1.807) is 29.6 Å². The minimum absolute atomic E-state index is 0.0291. The molecule has 2 heterocycles. The summed E-state index contributed by atoms with van der Waals surface area (Å²) in [6.45, 7) is 0. The standard InChI is InChI=1S/C20H13N3O4S2/c24-19(13-6-8-16(9-7-13)27-15-4-2-1-3-5-15)22-20-21-17(12-29-20)18-10-14(11-28-18)23(25)26/h1-12H,(H,21,22,24). The molecule has 1 N–H and O–H groups in total. The number of hydrogen-bond acceptors (Lipinski definition) is 7. The number of nitrogens with one attached hydrogen (secondary N) is 1. The number of rotatable bonds is 6. The molecule has 2 aromatic heterocycles. The first-order valence-corrected chi connectivity index (χ1v) is 10.2. The summed E-state index contributed by atoms with van der Waals surface area (Å²) in [5, 5.41) is 17.2. The lowest BCUT2D eigenvalue weighted by molar-refractivity contribution is -0.384. The molecule has 0 fully saturated rings. The van der Waals surface area contributed by atoms with Crippen LogP contribution in [0.15, 0.2) is 71.4 Å². The summed E-state index contributed by atoms with van der Waals surface area (Å²) in [5.41, 5.74) is 1.09. The number of para-hydroxylation sites is 1. The first kappa shape index (κ1) is 18.8. The molecule has 7 nitrogen and oxygen atoms in total. The Kier molecular flexibility index (Phi) is 5.32. The van der Waals surface area contributed by atoms with Crippen LogP contribution in [-0.2, 0) is 0 Å². The van der Waals surface area contributed by atoms with Crippen LogP contribution in [0.4, 0.5) is 10.8 Å². The number of hydrogen-bond donors (Lipinski definition) is 1. The number of carbonyl (C=O) groups is 1. The normalized spacial score (nSPS) is 10.5. The van der Waals surface area contributed by atoms with Gasteiger partial charge in [0.15, 0.2) is 5.13 Å². The van der Waals surface area contributed by atoms with Gasteiger partial charge in [0.25, 0.3) is 11.6 Å². The summed E-state index contributed by atoms with van der Waals surface area (Å²) in [5.74, 6) is 1.05. The Morgan fingerprint density at radius 3 is 2.41 bits per heavy atom. The van der Waals surface area contributed by atoms with E-state index in [4.69, 9.17) is 4.74 Å². The van der Waals surface area contributed by atoms with Gasteiger partial charge in [0.05, 0.1) is 20.9 Å². The number of amides is 1. The van der Waals surface area contributed by atoms with Crippen LogP contribution in [-0.4, -0.2) is 15.8 Å². The molecule has 29 heavy (non-hydrogen) atoms. The van der Waals surface area contributed by atoms with Gasteiger partial charge < -0.3 is 4.74 Å². The molecule has 0 aliphatic carbocycles. The molecule has 0 aliphatic rings. The molecule has 0 atom stereocenters. The zero-order valence-corrected chi connectivity index (χ0v) is 16.4. The minimum Gasteiger partial charge on any atom is -0.457 e.